The van der Waals surface area contributed by atoms with Crippen LogP contribution >= 0.6 is 0 Å². The van der Waals surface area contributed by atoms with Gasteiger partial charge in [0.1, 0.15) is 13.4 Å². The lowest BCUT2D eigenvalue weighted by Crippen LogP contribution is -2.55. The summed E-state index contributed by atoms with van der Waals surface area (Å²) in [5.74, 6) is -0.619. The highest BCUT2D eigenvalue weighted by Gasteiger charge is 2.43. The van der Waals surface area contributed by atoms with Crippen LogP contribution in [0.15, 0.2) is 0 Å². The third kappa shape index (κ3) is 2.29. The summed E-state index contributed by atoms with van der Waals surface area (Å²) in [4.78, 5) is 11.1. The molecule has 0 spiro atoms. The van der Waals surface area contributed by atoms with Crippen LogP contribution in [0.1, 0.15) is 38.5 Å². The van der Waals surface area contributed by atoms with Gasteiger partial charge >= 0.3 is 5.97 Å². The van der Waals surface area contributed by atoms with Crippen molar-refractivity contribution in [3.05, 3.63) is 0 Å². The molecule has 0 amide bonds. The Morgan fingerprint density at radius 2 is 2.29 bits per heavy atom. The van der Waals surface area contributed by atoms with Crippen LogP contribution in [0, 0.1) is 5.92 Å². The van der Waals surface area contributed by atoms with Crippen LogP contribution in [-0.2, 0) is 4.79 Å². The van der Waals surface area contributed by atoms with E-state index < -0.39 is 11.5 Å². The van der Waals surface area contributed by atoms with E-state index in [1.807, 2.05) is 0 Å². The molecule has 0 radical (unpaired) electrons. The zero-order valence-corrected chi connectivity index (χ0v) is 8.96. The lowest BCUT2D eigenvalue weighted by molar-refractivity contribution is -0.147. The molecule has 0 bridgehead atoms. The minimum Gasteiger partial charge on any atom is -0.480 e. The lowest BCUT2D eigenvalue weighted by atomic mass is 9.71. The Bertz CT molecular complexity index is 210. The van der Waals surface area contributed by atoms with Crippen LogP contribution in [0.25, 0.3) is 0 Å². The topological polar surface area (TPSA) is 63.3 Å². The molecule has 80 valence electrons. The Balaban J connectivity index is 2.63. The minimum absolute atomic E-state index is 0.189. The Labute approximate surface area is 86.5 Å². The Hall–Kier alpha value is -0.505. The number of hydrogen-bond acceptors (Lipinski definition) is 2. The molecular formula is C10H20BNO2. The van der Waals surface area contributed by atoms with E-state index in [0.29, 0.717) is 6.42 Å². The predicted octanol–water partition coefficient (Wildman–Crippen LogP) is 0.790. The molecule has 1 rings (SSSR count). The molecular weight excluding hydrogens is 177 g/mol. The number of aliphatic carboxylic acids is 1. The van der Waals surface area contributed by atoms with Gasteiger partial charge in [0.05, 0.1) is 0 Å². The van der Waals surface area contributed by atoms with Crippen LogP contribution in [-0.4, -0.2) is 24.5 Å². The van der Waals surface area contributed by atoms with Gasteiger partial charge < -0.3 is 10.8 Å². The van der Waals surface area contributed by atoms with Crippen molar-refractivity contribution in [1.82, 2.24) is 0 Å². The molecule has 3 nitrogen and oxygen atoms in total. The van der Waals surface area contributed by atoms with Gasteiger partial charge in [-0.1, -0.05) is 25.6 Å². The number of hydrogen-bond donors (Lipinski definition) is 2. The van der Waals surface area contributed by atoms with Crippen molar-refractivity contribution in [3.8, 4) is 0 Å². The zero-order valence-electron chi connectivity index (χ0n) is 8.96. The second-order valence-corrected chi connectivity index (χ2v) is 4.43. The fraction of sp³-hybridized carbons (Fsp3) is 0.900. The van der Waals surface area contributed by atoms with E-state index in [4.69, 9.17) is 10.8 Å². The van der Waals surface area contributed by atoms with E-state index in [2.05, 4.69) is 7.85 Å². The Morgan fingerprint density at radius 1 is 1.57 bits per heavy atom. The molecule has 1 fully saturated rings. The molecule has 2 unspecified atom stereocenters. The summed E-state index contributed by atoms with van der Waals surface area (Å²) in [5.41, 5.74) is 5.05. The van der Waals surface area contributed by atoms with E-state index in [9.17, 15) is 4.79 Å². The first-order valence-electron chi connectivity index (χ1n) is 5.63. The van der Waals surface area contributed by atoms with Gasteiger partial charge in [-0.15, -0.1) is 0 Å². The lowest BCUT2D eigenvalue weighted by Gasteiger charge is -2.37. The molecule has 0 aromatic carbocycles. The number of carboxylic acid groups (broad SMARTS) is 1. The molecule has 14 heavy (non-hydrogen) atoms. The van der Waals surface area contributed by atoms with Crippen LogP contribution < -0.4 is 5.73 Å². The molecule has 1 aliphatic rings. The normalized spacial score (nSPS) is 32.8. The fourth-order valence-electron chi connectivity index (χ4n) is 2.40. The summed E-state index contributed by atoms with van der Waals surface area (Å²) in [5, 5.41) is 9.14. The van der Waals surface area contributed by atoms with Gasteiger partial charge in [-0.05, 0) is 25.2 Å². The number of nitrogens with two attached hydrogens (primary N) is 1. The molecule has 2 atom stereocenters. The largest absolute Gasteiger partial charge is 0.480 e. The highest BCUT2D eigenvalue weighted by atomic mass is 16.4. The molecule has 0 aliphatic heterocycles. The maximum atomic E-state index is 11.1. The molecule has 1 aliphatic carbocycles. The van der Waals surface area contributed by atoms with Crippen molar-refractivity contribution >= 4 is 13.8 Å². The number of rotatable bonds is 4. The van der Waals surface area contributed by atoms with Crippen molar-refractivity contribution in [2.24, 2.45) is 11.7 Å². The maximum Gasteiger partial charge on any atom is 0.323 e. The quantitative estimate of drug-likeness (QED) is 0.655. The van der Waals surface area contributed by atoms with Crippen LogP contribution in [0.4, 0.5) is 0 Å². The van der Waals surface area contributed by atoms with Crippen molar-refractivity contribution < 1.29 is 9.90 Å². The molecule has 3 N–H and O–H groups in total. The molecule has 0 heterocycles. The first-order chi connectivity index (χ1) is 6.61. The van der Waals surface area contributed by atoms with Gasteiger partial charge in [0.15, 0.2) is 0 Å². The molecule has 0 aromatic rings. The van der Waals surface area contributed by atoms with Gasteiger partial charge in [0.2, 0.25) is 0 Å². The van der Waals surface area contributed by atoms with E-state index in [1.165, 1.54) is 0 Å². The van der Waals surface area contributed by atoms with E-state index >= 15 is 0 Å². The predicted molar refractivity (Wildman–Crippen MR) is 59.1 cm³/mol. The van der Waals surface area contributed by atoms with E-state index in [1.54, 1.807) is 0 Å². The summed E-state index contributed by atoms with van der Waals surface area (Å²) in [7, 11) is 2.13. The van der Waals surface area contributed by atoms with Crippen LogP contribution in [0.2, 0.25) is 6.32 Å². The van der Waals surface area contributed by atoms with Crippen molar-refractivity contribution in [3.63, 3.8) is 0 Å². The van der Waals surface area contributed by atoms with E-state index in [0.717, 1.165) is 38.4 Å². The number of carbonyl (C=O) groups is 1. The van der Waals surface area contributed by atoms with Gasteiger partial charge in [-0.25, -0.2) is 0 Å². The van der Waals surface area contributed by atoms with Gasteiger partial charge in [-0.2, -0.15) is 0 Å². The smallest absolute Gasteiger partial charge is 0.323 e. The first kappa shape index (κ1) is 11.6. The fourth-order valence-corrected chi connectivity index (χ4v) is 2.40. The standard InChI is InChI=1S/C10H20BNO2/c11-7-3-5-8-4-1-2-6-10(8,12)9(13)14/h8H,1-7,11-12H2,(H,13,14). The summed E-state index contributed by atoms with van der Waals surface area (Å²) >= 11 is 0. The van der Waals surface area contributed by atoms with Crippen LogP contribution in [0.5, 0.6) is 0 Å². The van der Waals surface area contributed by atoms with E-state index in [-0.39, 0.29) is 5.92 Å². The molecule has 4 heteroatoms. The van der Waals surface area contributed by atoms with Crippen molar-refractivity contribution in [2.45, 2.75) is 50.4 Å². The van der Waals surface area contributed by atoms with Crippen molar-refractivity contribution in [1.29, 1.82) is 0 Å². The third-order valence-electron chi connectivity index (χ3n) is 3.43. The molecule has 0 saturated heterocycles. The summed E-state index contributed by atoms with van der Waals surface area (Å²) in [6.45, 7) is 0. The van der Waals surface area contributed by atoms with Crippen LogP contribution in [0.3, 0.4) is 0 Å². The summed E-state index contributed by atoms with van der Waals surface area (Å²) in [6.07, 6.45) is 6.92. The Kier molecular flexibility index (Phi) is 3.99. The average Bonchev–Trinajstić information content (AvgIpc) is 2.16. The maximum absolute atomic E-state index is 11.1. The van der Waals surface area contributed by atoms with Gasteiger partial charge in [0.25, 0.3) is 0 Å². The highest BCUT2D eigenvalue weighted by molar-refractivity contribution is 6.08. The highest BCUT2D eigenvalue weighted by Crippen LogP contribution is 2.35. The second kappa shape index (κ2) is 4.83. The van der Waals surface area contributed by atoms with Crippen molar-refractivity contribution in [2.75, 3.05) is 0 Å². The second-order valence-electron chi connectivity index (χ2n) is 4.43. The molecule has 0 aromatic heterocycles. The average molecular weight is 197 g/mol. The van der Waals surface area contributed by atoms with Gasteiger partial charge in [0, 0.05) is 0 Å². The summed E-state index contributed by atoms with van der Waals surface area (Å²) in [6, 6.07) is 0. The third-order valence-corrected chi connectivity index (χ3v) is 3.43. The minimum atomic E-state index is -0.937. The summed E-state index contributed by atoms with van der Waals surface area (Å²) < 4.78 is 0. The zero-order chi connectivity index (χ0) is 10.6. The first-order valence-corrected chi connectivity index (χ1v) is 5.63. The molecule has 1 saturated carbocycles. The monoisotopic (exact) mass is 197 g/mol. The van der Waals surface area contributed by atoms with Gasteiger partial charge in [-0.3, -0.25) is 4.79 Å². The SMILES string of the molecule is BCCCC1CCCCC1(N)C(=O)O. The number of carboxylic acids is 1. The Morgan fingerprint density at radius 3 is 2.86 bits per heavy atom.